The van der Waals surface area contributed by atoms with Crippen LogP contribution in [0.2, 0.25) is 0 Å². The topological polar surface area (TPSA) is 50.2 Å². The van der Waals surface area contributed by atoms with Gasteiger partial charge in [-0.05, 0) is 12.8 Å². The molecule has 0 aromatic carbocycles. The van der Waals surface area contributed by atoms with Crippen molar-refractivity contribution in [3.05, 3.63) is 16.1 Å². The third-order valence-corrected chi connectivity index (χ3v) is 3.61. The van der Waals surface area contributed by atoms with Crippen molar-refractivity contribution in [3.8, 4) is 0 Å². The average Bonchev–Trinajstić information content (AvgIpc) is 2.75. The summed E-state index contributed by atoms with van der Waals surface area (Å²) >= 11 is 0.260. The van der Waals surface area contributed by atoms with E-state index in [1.807, 2.05) is 0 Å². The van der Waals surface area contributed by atoms with Crippen molar-refractivity contribution >= 4 is 17.1 Å². The van der Waals surface area contributed by atoms with Gasteiger partial charge in [0, 0.05) is 6.20 Å². The Balaban J connectivity index is 3.03. The molecule has 0 radical (unpaired) electrons. The number of alkyl halides is 3. The molecule has 0 atom stereocenters. The van der Waals surface area contributed by atoms with Crippen LogP contribution in [-0.4, -0.2) is 21.5 Å². The summed E-state index contributed by atoms with van der Waals surface area (Å²) in [5, 5.41) is 8.84. The molecule has 1 aromatic rings. The van der Waals surface area contributed by atoms with Crippen LogP contribution in [0.3, 0.4) is 0 Å². The van der Waals surface area contributed by atoms with E-state index < -0.39 is 22.6 Å². The van der Waals surface area contributed by atoms with Gasteiger partial charge in [-0.2, -0.15) is 13.2 Å². The molecule has 1 rings (SSSR count). The fraction of sp³-hybridized carbons (Fsp3) is 0.600. The molecule has 0 bridgehead atoms. The Hall–Kier alpha value is -0.950. The second-order valence-corrected chi connectivity index (χ2v) is 4.63. The smallest absolute Gasteiger partial charge is 0.382 e. The first kappa shape index (κ1) is 14.1. The highest BCUT2D eigenvalue weighted by Crippen LogP contribution is 2.34. The summed E-state index contributed by atoms with van der Waals surface area (Å²) in [5.74, 6) is -0.699. The number of hydrogen-bond donors (Lipinski definition) is 1. The molecule has 0 aliphatic heterocycles. The Morgan fingerprint density at radius 3 is 2.29 bits per heavy atom. The number of carbonyl (C=O) groups is 1. The van der Waals surface area contributed by atoms with Gasteiger partial charge in [-0.3, -0.25) is 4.79 Å². The van der Waals surface area contributed by atoms with Crippen molar-refractivity contribution in [1.82, 2.24) is 4.98 Å². The molecule has 17 heavy (non-hydrogen) atoms. The van der Waals surface area contributed by atoms with Gasteiger partial charge in [-0.1, -0.05) is 13.8 Å². The second-order valence-electron chi connectivity index (χ2n) is 3.60. The molecule has 7 heteroatoms. The quantitative estimate of drug-likeness (QED) is 0.853. The highest BCUT2D eigenvalue weighted by atomic mass is 32.1. The molecular weight excluding hydrogens is 255 g/mol. The maximum Gasteiger partial charge on any atom is 0.443 e. The van der Waals surface area contributed by atoms with Crippen LogP contribution in [-0.2, 0) is 6.18 Å². The summed E-state index contributed by atoms with van der Waals surface area (Å²) < 4.78 is 36.9. The number of thiazole rings is 1. The van der Waals surface area contributed by atoms with Gasteiger partial charge in [0.1, 0.15) is 5.60 Å². The first-order chi connectivity index (χ1) is 7.74. The summed E-state index contributed by atoms with van der Waals surface area (Å²) in [7, 11) is 0. The predicted molar refractivity (Wildman–Crippen MR) is 57.0 cm³/mol. The number of nitrogens with zero attached hydrogens (tertiary/aromatic N) is 1. The van der Waals surface area contributed by atoms with Gasteiger partial charge < -0.3 is 5.11 Å². The molecular formula is C10H12F3NO2S. The van der Waals surface area contributed by atoms with E-state index in [4.69, 9.17) is 0 Å². The van der Waals surface area contributed by atoms with Crippen LogP contribution in [0.1, 0.15) is 41.4 Å². The van der Waals surface area contributed by atoms with E-state index in [1.165, 1.54) is 0 Å². The van der Waals surface area contributed by atoms with Gasteiger partial charge >= 0.3 is 6.18 Å². The van der Waals surface area contributed by atoms with Crippen LogP contribution in [0.5, 0.6) is 0 Å². The van der Waals surface area contributed by atoms with E-state index in [2.05, 4.69) is 4.98 Å². The molecule has 0 aliphatic carbocycles. The molecule has 0 fully saturated rings. The van der Waals surface area contributed by atoms with Crippen molar-refractivity contribution in [2.75, 3.05) is 0 Å². The lowest BCUT2D eigenvalue weighted by Gasteiger charge is -2.22. The second kappa shape index (κ2) is 4.73. The number of rotatable bonds is 4. The third-order valence-electron chi connectivity index (χ3n) is 2.56. The van der Waals surface area contributed by atoms with Crippen molar-refractivity contribution in [2.24, 2.45) is 0 Å². The maximum atomic E-state index is 12.3. The molecule has 1 aromatic heterocycles. The van der Waals surface area contributed by atoms with E-state index in [1.54, 1.807) is 13.8 Å². The SMILES string of the molecule is CCC(O)(CC)C(=O)c1cnc(C(F)(F)F)s1. The largest absolute Gasteiger partial charge is 0.443 e. The van der Waals surface area contributed by atoms with Gasteiger partial charge in [-0.15, -0.1) is 11.3 Å². The molecule has 0 saturated heterocycles. The van der Waals surface area contributed by atoms with Crippen LogP contribution in [0, 0.1) is 0 Å². The number of halogens is 3. The fourth-order valence-electron chi connectivity index (χ4n) is 1.31. The number of carbonyl (C=O) groups excluding carboxylic acids is 1. The molecule has 3 nitrogen and oxygen atoms in total. The molecule has 96 valence electrons. The standard InChI is InChI=1S/C10H12F3NO2S/c1-3-9(16,4-2)7(15)6-5-14-8(17-6)10(11,12)13/h5,16H,3-4H2,1-2H3. The van der Waals surface area contributed by atoms with Gasteiger partial charge in [0.05, 0.1) is 4.88 Å². The number of aromatic nitrogens is 1. The molecule has 0 unspecified atom stereocenters. The zero-order valence-corrected chi connectivity index (χ0v) is 10.2. The Morgan fingerprint density at radius 1 is 1.41 bits per heavy atom. The fourth-order valence-corrected chi connectivity index (χ4v) is 2.13. The highest BCUT2D eigenvalue weighted by molar-refractivity contribution is 7.13. The van der Waals surface area contributed by atoms with E-state index in [0.717, 1.165) is 6.20 Å². The van der Waals surface area contributed by atoms with Crippen LogP contribution < -0.4 is 0 Å². The van der Waals surface area contributed by atoms with Crippen molar-refractivity contribution < 1.29 is 23.1 Å². The zero-order valence-electron chi connectivity index (χ0n) is 9.34. The molecule has 0 aliphatic rings. The van der Waals surface area contributed by atoms with Crippen molar-refractivity contribution in [2.45, 2.75) is 38.5 Å². The van der Waals surface area contributed by atoms with E-state index in [0.29, 0.717) is 0 Å². The Kier molecular flexibility index (Phi) is 3.93. The number of ketones is 1. The lowest BCUT2D eigenvalue weighted by atomic mass is 9.92. The normalized spacial score (nSPS) is 12.8. The number of hydrogen-bond acceptors (Lipinski definition) is 4. The summed E-state index contributed by atoms with van der Waals surface area (Å²) in [4.78, 5) is 14.8. The molecule has 1 N–H and O–H groups in total. The Morgan fingerprint density at radius 2 is 1.94 bits per heavy atom. The van der Waals surface area contributed by atoms with Gasteiger partial charge in [0.25, 0.3) is 0 Å². The molecule has 0 amide bonds. The van der Waals surface area contributed by atoms with Crippen LogP contribution in [0.25, 0.3) is 0 Å². The minimum Gasteiger partial charge on any atom is -0.382 e. The average molecular weight is 267 g/mol. The van der Waals surface area contributed by atoms with Crippen LogP contribution >= 0.6 is 11.3 Å². The maximum absolute atomic E-state index is 12.3. The van der Waals surface area contributed by atoms with E-state index >= 15 is 0 Å². The van der Waals surface area contributed by atoms with E-state index in [-0.39, 0.29) is 29.1 Å². The molecule has 0 spiro atoms. The summed E-state index contributed by atoms with van der Waals surface area (Å²) in [6, 6.07) is 0. The lowest BCUT2D eigenvalue weighted by molar-refractivity contribution is -0.137. The predicted octanol–water partition coefficient (Wildman–Crippen LogP) is 2.90. The van der Waals surface area contributed by atoms with Gasteiger partial charge in [-0.25, -0.2) is 4.98 Å². The first-order valence-corrected chi connectivity index (χ1v) is 5.86. The first-order valence-electron chi connectivity index (χ1n) is 5.04. The zero-order chi connectivity index (χ0) is 13.3. The minimum atomic E-state index is -4.56. The Bertz CT molecular complexity index is 410. The minimum absolute atomic E-state index is 0.154. The molecule has 0 saturated carbocycles. The van der Waals surface area contributed by atoms with Crippen LogP contribution in [0.4, 0.5) is 13.2 Å². The highest BCUT2D eigenvalue weighted by Gasteiger charge is 2.38. The van der Waals surface area contributed by atoms with Gasteiger partial charge in [0.2, 0.25) is 5.78 Å². The molecule has 1 heterocycles. The third kappa shape index (κ3) is 2.84. The summed E-state index contributed by atoms with van der Waals surface area (Å²) in [5.41, 5.74) is -1.60. The Labute approximate surface area is 100 Å². The monoisotopic (exact) mass is 267 g/mol. The number of aliphatic hydroxyl groups is 1. The summed E-state index contributed by atoms with van der Waals surface area (Å²) in [6.07, 6.45) is -3.38. The van der Waals surface area contributed by atoms with Crippen molar-refractivity contribution in [1.29, 1.82) is 0 Å². The number of Topliss-reactive ketones (excluding diaryl/α,β-unsaturated/α-hetero) is 1. The van der Waals surface area contributed by atoms with Crippen LogP contribution in [0.15, 0.2) is 6.20 Å². The van der Waals surface area contributed by atoms with Crippen molar-refractivity contribution in [3.63, 3.8) is 0 Å². The lowest BCUT2D eigenvalue weighted by Crippen LogP contribution is -2.36. The van der Waals surface area contributed by atoms with E-state index in [9.17, 15) is 23.1 Å². The summed E-state index contributed by atoms with van der Waals surface area (Å²) in [6.45, 7) is 3.21. The van der Waals surface area contributed by atoms with Gasteiger partial charge in [0.15, 0.2) is 5.01 Å².